The van der Waals surface area contributed by atoms with Gasteiger partial charge in [-0.1, -0.05) is 43.2 Å². The number of anilines is 1. The van der Waals surface area contributed by atoms with Gasteiger partial charge in [0, 0.05) is 29.8 Å². The van der Waals surface area contributed by atoms with Crippen molar-refractivity contribution in [3.63, 3.8) is 0 Å². The molecule has 1 aliphatic carbocycles. The Labute approximate surface area is 204 Å². The van der Waals surface area contributed by atoms with Gasteiger partial charge < -0.3 is 15.4 Å². The van der Waals surface area contributed by atoms with E-state index in [-0.39, 0.29) is 24.8 Å². The second kappa shape index (κ2) is 10.4. The van der Waals surface area contributed by atoms with Gasteiger partial charge in [-0.3, -0.25) is 14.5 Å². The van der Waals surface area contributed by atoms with Gasteiger partial charge in [0.25, 0.3) is 5.91 Å². The molecule has 4 amide bonds. The second-order valence-corrected chi connectivity index (χ2v) is 8.73. The van der Waals surface area contributed by atoms with E-state index < -0.39 is 17.5 Å². The zero-order chi connectivity index (χ0) is 24.8. The van der Waals surface area contributed by atoms with E-state index in [1.807, 2.05) is 6.07 Å². The van der Waals surface area contributed by atoms with Crippen LogP contribution in [0.3, 0.4) is 0 Å². The Balaban J connectivity index is 1.35. The van der Waals surface area contributed by atoms with Gasteiger partial charge >= 0.3 is 12.0 Å². The Morgan fingerprint density at radius 2 is 1.71 bits per heavy atom. The maximum absolute atomic E-state index is 12.8. The van der Waals surface area contributed by atoms with E-state index in [0.717, 1.165) is 24.2 Å². The molecule has 180 valence electrons. The summed E-state index contributed by atoms with van der Waals surface area (Å²) in [6, 6.07) is 13.5. The molecule has 1 heterocycles. The van der Waals surface area contributed by atoms with Gasteiger partial charge in [0.2, 0.25) is 5.91 Å². The average Bonchev–Trinajstić information content (AvgIpc) is 3.09. The van der Waals surface area contributed by atoms with E-state index in [1.165, 1.54) is 7.11 Å². The molecule has 1 aliphatic heterocycles. The summed E-state index contributed by atoms with van der Waals surface area (Å²) in [7, 11) is 1.32. The zero-order valence-corrected chi connectivity index (χ0v) is 19.6. The standard InChI is InChI=1S/C27H27N3O5/c1-35-24(32)21-9-5-7-19(17-21)11-12-20-8-6-10-22(18-20)28-23(31)13-16-30-25(33)27(29-26(30)34)14-3-2-4-15-27/h5-10,17-18H,2-4,13-16H2,1H3,(H,28,31)(H,29,34). The molecule has 1 saturated heterocycles. The summed E-state index contributed by atoms with van der Waals surface area (Å²) in [5.41, 5.74) is 1.53. The molecular weight excluding hydrogens is 446 g/mol. The number of ether oxygens (including phenoxy) is 1. The number of rotatable bonds is 5. The van der Waals surface area contributed by atoms with Crippen molar-refractivity contribution in [2.45, 2.75) is 44.1 Å². The molecule has 4 rings (SSSR count). The minimum Gasteiger partial charge on any atom is -0.465 e. The second-order valence-electron chi connectivity index (χ2n) is 8.73. The monoisotopic (exact) mass is 473 g/mol. The molecule has 0 radical (unpaired) electrons. The van der Waals surface area contributed by atoms with E-state index >= 15 is 0 Å². The number of urea groups is 1. The normalized spacial score (nSPS) is 16.3. The molecule has 2 N–H and O–H groups in total. The third-order valence-corrected chi connectivity index (χ3v) is 6.30. The number of nitrogens with one attached hydrogen (secondary N) is 2. The number of nitrogens with zero attached hydrogens (tertiary/aromatic N) is 1. The lowest BCUT2D eigenvalue weighted by atomic mass is 9.82. The van der Waals surface area contributed by atoms with Gasteiger partial charge in [0.15, 0.2) is 0 Å². The first-order valence-corrected chi connectivity index (χ1v) is 11.6. The van der Waals surface area contributed by atoms with Crippen LogP contribution in [-0.4, -0.2) is 47.9 Å². The number of imide groups is 1. The molecule has 2 aliphatic rings. The lowest BCUT2D eigenvalue weighted by Gasteiger charge is -2.30. The van der Waals surface area contributed by atoms with E-state index in [0.29, 0.717) is 35.2 Å². The highest BCUT2D eigenvalue weighted by Gasteiger charge is 2.51. The molecule has 0 unspecified atom stereocenters. The van der Waals surface area contributed by atoms with E-state index in [1.54, 1.807) is 42.5 Å². The fraction of sp³-hybridized carbons (Fsp3) is 0.333. The SMILES string of the molecule is COC(=O)c1cccc(C#Cc2cccc(NC(=O)CCN3C(=O)NC4(CCCCC4)C3=O)c2)c1. The van der Waals surface area contributed by atoms with Crippen LogP contribution in [0.2, 0.25) is 0 Å². The molecule has 2 fully saturated rings. The summed E-state index contributed by atoms with van der Waals surface area (Å²) < 4.78 is 4.73. The molecule has 0 aromatic heterocycles. The fourth-order valence-corrected chi connectivity index (χ4v) is 4.47. The fourth-order valence-electron chi connectivity index (χ4n) is 4.47. The quantitative estimate of drug-likeness (QED) is 0.393. The van der Waals surface area contributed by atoms with Crippen molar-refractivity contribution in [2.75, 3.05) is 19.0 Å². The molecule has 35 heavy (non-hydrogen) atoms. The summed E-state index contributed by atoms with van der Waals surface area (Å²) in [5.74, 6) is 5.07. The molecule has 2 aromatic carbocycles. The van der Waals surface area contributed by atoms with Crippen LogP contribution in [0.15, 0.2) is 48.5 Å². The summed E-state index contributed by atoms with van der Waals surface area (Å²) in [5, 5.41) is 5.65. The van der Waals surface area contributed by atoms with Crippen molar-refractivity contribution in [2.24, 2.45) is 0 Å². The molecule has 1 spiro atoms. The molecule has 1 saturated carbocycles. The number of methoxy groups -OCH3 is 1. The number of amides is 4. The van der Waals surface area contributed by atoms with Crippen LogP contribution in [-0.2, 0) is 14.3 Å². The van der Waals surface area contributed by atoms with Gasteiger partial charge in [-0.05, 0) is 49.2 Å². The number of hydrogen-bond acceptors (Lipinski definition) is 5. The van der Waals surface area contributed by atoms with Gasteiger partial charge in [0.05, 0.1) is 12.7 Å². The van der Waals surface area contributed by atoms with Crippen LogP contribution >= 0.6 is 0 Å². The summed E-state index contributed by atoms with van der Waals surface area (Å²) in [6.45, 7) is 0.0360. The van der Waals surface area contributed by atoms with Crippen LogP contribution in [0, 0.1) is 11.8 Å². The zero-order valence-electron chi connectivity index (χ0n) is 19.6. The smallest absolute Gasteiger partial charge is 0.337 e. The Morgan fingerprint density at radius 1 is 1.03 bits per heavy atom. The van der Waals surface area contributed by atoms with Crippen molar-refractivity contribution < 1.29 is 23.9 Å². The average molecular weight is 474 g/mol. The Bertz CT molecular complexity index is 1220. The maximum atomic E-state index is 12.8. The minimum absolute atomic E-state index is 0.00542. The van der Waals surface area contributed by atoms with E-state index in [2.05, 4.69) is 22.5 Å². The number of benzene rings is 2. The maximum Gasteiger partial charge on any atom is 0.337 e. The van der Waals surface area contributed by atoms with Crippen LogP contribution < -0.4 is 10.6 Å². The van der Waals surface area contributed by atoms with Gasteiger partial charge in [-0.15, -0.1) is 0 Å². The first-order valence-electron chi connectivity index (χ1n) is 11.6. The van der Waals surface area contributed by atoms with Crippen molar-refractivity contribution in [3.05, 3.63) is 65.2 Å². The first-order chi connectivity index (χ1) is 16.9. The highest BCUT2D eigenvalue weighted by Crippen LogP contribution is 2.33. The van der Waals surface area contributed by atoms with Crippen LogP contribution in [0.5, 0.6) is 0 Å². The third-order valence-electron chi connectivity index (χ3n) is 6.30. The number of hydrogen-bond donors (Lipinski definition) is 2. The molecule has 8 nitrogen and oxygen atoms in total. The van der Waals surface area contributed by atoms with Crippen molar-refractivity contribution in [3.8, 4) is 11.8 Å². The lowest BCUT2D eigenvalue weighted by Crippen LogP contribution is -2.48. The van der Waals surface area contributed by atoms with Crippen LogP contribution in [0.4, 0.5) is 10.5 Å². The Hall–Kier alpha value is -4.12. The Morgan fingerprint density at radius 3 is 2.43 bits per heavy atom. The largest absolute Gasteiger partial charge is 0.465 e. The first kappa shape index (κ1) is 24.0. The highest BCUT2D eigenvalue weighted by atomic mass is 16.5. The van der Waals surface area contributed by atoms with Crippen molar-refractivity contribution in [1.82, 2.24) is 10.2 Å². The number of carbonyl (C=O) groups is 4. The molecular formula is C27H27N3O5. The highest BCUT2D eigenvalue weighted by molar-refractivity contribution is 6.07. The van der Waals surface area contributed by atoms with E-state index in [9.17, 15) is 19.2 Å². The molecule has 0 atom stereocenters. The van der Waals surface area contributed by atoms with Gasteiger partial charge in [0.1, 0.15) is 5.54 Å². The van der Waals surface area contributed by atoms with Crippen LogP contribution in [0.1, 0.15) is 60.0 Å². The van der Waals surface area contributed by atoms with Crippen molar-refractivity contribution >= 4 is 29.5 Å². The minimum atomic E-state index is -0.783. The van der Waals surface area contributed by atoms with Gasteiger partial charge in [-0.25, -0.2) is 9.59 Å². The molecule has 0 bridgehead atoms. The summed E-state index contributed by atoms with van der Waals surface area (Å²) >= 11 is 0. The number of esters is 1. The summed E-state index contributed by atoms with van der Waals surface area (Å²) in [4.78, 5) is 50.6. The predicted molar refractivity (Wildman–Crippen MR) is 130 cm³/mol. The number of carbonyl (C=O) groups excluding carboxylic acids is 4. The predicted octanol–water partition coefficient (Wildman–Crippen LogP) is 3.46. The van der Waals surface area contributed by atoms with Crippen molar-refractivity contribution in [1.29, 1.82) is 0 Å². The lowest BCUT2D eigenvalue weighted by molar-refractivity contribution is -0.132. The molecule has 2 aromatic rings. The van der Waals surface area contributed by atoms with Crippen LogP contribution in [0.25, 0.3) is 0 Å². The Kier molecular flexibility index (Phi) is 7.16. The summed E-state index contributed by atoms with van der Waals surface area (Å²) in [6.07, 6.45) is 4.21. The van der Waals surface area contributed by atoms with E-state index in [4.69, 9.17) is 4.74 Å². The molecule has 8 heteroatoms. The third kappa shape index (κ3) is 5.52. The topological polar surface area (TPSA) is 105 Å². The van der Waals surface area contributed by atoms with Gasteiger partial charge in [-0.2, -0.15) is 0 Å².